The highest BCUT2D eigenvalue weighted by atomic mass is 16.5. The summed E-state index contributed by atoms with van der Waals surface area (Å²) in [6.07, 6.45) is -0.652. The van der Waals surface area contributed by atoms with Crippen molar-refractivity contribution in [1.29, 1.82) is 0 Å². The van der Waals surface area contributed by atoms with E-state index in [-0.39, 0.29) is 13.2 Å². The third-order valence-electron chi connectivity index (χ3n) is 2.36. The Morgan fingerprint density at radius 3 is 2.83 bits per heavy atom. The molecule has 0 heterocycles. The largest absolute Gasteiger partial charge is 0.491 e. The second-order valence-electron chi connectivity index (χ2n) is 3.84. The van der Waals surface area contributed by atoms with E-state index in [1.807, 2.05) is 13.0 Å². The van der Waals surface area contributed by atoms with Crippen molar-refractivity contribution in [1.82, 2.24) is 0 Å². The van der Waals surface area contributed by atoms with Crippen LogP contribution in [0.4, 0.5) is 0 Å². The molecule has 100 valence electrons. The van der Waals surface area contributed by atoms with Gasteiger partial charge in [0, 0.05) is 12.2 Å². The van der Waals surface area contributed by atoms with Crippen molar-refractivity contribution in [3.05, 3.63) is 29.8 Å². The first-order valence-corrected chi connectivity index (χ1v) is 5.85. The molecule has 5 nitrogen and oxygen atoms in total. The lowest BCUT2D eigenvalue weighted by Gasteiger charge is -2.12. The molecule has 1 atom stereocenters. The molecule has 0 amide bonds. The predicted molar refractivity (Wildman–Crippen MR) is 68.4 cm³/mol. The van der Waals surface area contributed by atoms with Gasteiger partial charge in [0.2, 0.25) is 0 Å². The Kier molecular flexibility index (Phi) is 6.18. The zero-order chi connectivity index (χ0) is 13.4. The van der Waals surface area contributed by atoms with Crippen LogP contribution in [-0.4, -0.2) is 42.0 Å². The van der Waals surface area contributed by atoms with E-state index < -0.39 is 6.10 Å². The van der Waals surface area contributed by atoms with Crippen LogP contribution in [0, 0.1) is 0 Å². The van der Waals surface area contributed by atoms with Crippen LogP contribution >= 0.6 is 0 Å². The van der Waals surface area contributed by atoms with Crippen LogP contribution in [0.2, 0.25) is 0 Å². The van der Waals surface area contributed by atoms with Gasteiger partial charge < -0.3 is 19.8 Å². The summed E-state index contributed by atoms with van der Waals surface area (Å²) in [6, 6.07) is 7.15. The molecule has 5 heteroatoms. The van der Waals surface area contributed by atoms with Gasteiger partial charge in [-0.2, -0.15) is 0 Å². The minimum Gasteiger partial charge on any atom is -0.491 e. The quantitative estimate of drug-likeness (QED) is 0.440. The number of rotatable bonds is 7. The van der Waals surface area contributed by atoms with Crippen LogP contribution in [0.25, 0.3) is 0 Å². The van der Waals surface area contributed by atoms with Crippen LogP contribution in [-0.2, 0) is 4.74 Å². The summed E-state index contributed by atoms with van der Waals surface area (Å²) < 4.78 is 10.5. The molecule has 0 spiro atoms. The van der Waals surface area contributed by atoms with E-state index in [1.165, 1.54) is 0 Å². The van der Waals surface area contributed by atoms with E-state index in [1.54, 1.807) is 25.1 Å². The second-order valence-corrected chi connectivity index (χ2v) is 3.84. The lowest BCUT2D eigenvalue weighted by molar-refractivity contribution is 0.0164. The van der Waals surface area contributed by atoms with Crippen molar-refractivity contribution in [2.75, 3.05) is 19.8 Å². The number of oxime groups is 1. The Balaban J connectivity index is 2.52. The molecular weight excluding hydrogens is 234 g/mol. The van der Waals surface area contributed by atoms with Crippen molar-refractivity contribution in [3.63, 3.8) is 0 Å². The van der Waals surface area contributed by atoms with E-state index in [4.69, 9.17) is 14.7 Å². The molecule has 1 aromatic rings. The Labute approximate surface area is 107 Å². The van der Waals surface area contributed by atoms with Crippen LogP contribution in [0.5, 0.6) is 5.75 Å². The summed E-state index contributed by atoms with van der Waals surface area (Å²) in [5, 5.41) is 21.4. The lowest BCUT2D eigenvalue weighted by atomic mass is 10.1. The number of ether oxygens (including phenoxy) is 2. The van der Waals surface area contributed by atoms with Crippen molar-refractivity contribution < 1.29 is 19.8 Å². The minimum absolute atomic E-state index is 0.165. The highest BCUT2D eigenvalue weighted by molar-refractivity contribution is 5.98. The zero-order valence-electron chi connectivity index (χ0n) is 10.7. The van der Waals surface area contributed by atoms with Crippen molar-refractivity contribution in [2.45, 2.75) is 20.0 Å². The summed E-state index contributed by atoms with van der Waals surface area (Å²) >= 11 is 0. The van der Waals surface area contributed by atoms with Crippen molar-refractivity contribution in [2.24, 2.45) is 5.16 Å². The normalized spacial score (nSPS) is 13.4. The van der Waals surface area contributed by atoms with Crippen molar-refractivity contribution >= 4 is 5.71 Å². The van der Waals surface area contributed by atoms with E-state index in [9.17, 15) is 5.11 Å². The zero-order valence-corrected chi connectivity index (χ0v) is 10.7. The molecule has 1 rings (SSSR count). The Bertz CT molecular complexity index is 392. The Morgan fingerprint density at radius 2 is 2.17 bits per heavy atom. The third kappa shape index (κ3) is 4.73. The van der Waals surface area contributed by atoms with Gasteiger partial charge in [-0.05, 0) is 26.0 Å². The second kappa shape index (κ2) is 7.68. The monoisotopic (exact) mass is 253 g/mol. The molecule has 1 unspecified atom stereocenters. The number of aliphatic hydroxyl groups is 1. The van der Waals surface area contributed by atoms with Crippen LogP contribution in [0.3, 0.4) is 0 Å². The van der Waals surface area contributed by atoms with Gasteiger partial charge in [0.25, 0.3) is 0 Å². The molecule has 0 aliphatic rings. The molecule has 0 aliphatic heterocycles. The fourth-order valence-electron chi connectivity index (χ4n) is 1.36. The number of benzene rings is 1. The van der Waals surface area contributed by atoms with Crippen LogP contribution in [0.15, 0.2) is 29.4 Å². The molecule has 0 saturated heterocycles. The molecule has 0 saturated carbocycles. The summed E-state index contributed by atoms with van der Waals surface area (Å²) in [5.74, 6) is 0.617. The summed E-state index contributed by atoms with van der Waals surface area (Å²) in [7, 11) is 0. The van der Waals surface area contributed by atoms with Gasteiger partial charge in [-0.3, -0.25) is 0 Å². The van der Waals surface area contributed by atoms with E-state index in [0.29, 0.717) is 18.1 Å². The Morgan fingerprint density at radius 1 is 1.39 bits per heavy atom. The highest BCUT2D eigenvalue weighted by Gasteiger charge is 2.06. The van der Waals surface area contributed by atoms with Gasteiger partial charge in [-0.1, -0.05) is 17.3 Å². The molecule has 18 heavy (non-hydrogen) atoms. The maximum absolute atomic E-state index is 9.55. The Hall–Kier alpha value is -1.59. The maximum atomic E-state index is 9.55. The van der Waals surface area contributed by atoms with E-state index in [0.717, 1.165) is 5.56 Å². The van der Waals surface area contributed by atoms with Gasteiger partial charge in [0.15, 0.2) is 0 Å². The number of aliphatic hydroxyl groups excluding tert-OH is 1. The molecule has 0 aliphatic carbocycles. The molecule has 0 radical (unpaired) electrons. The summed E-state index contributed by atoms with van der Waals surface area (Å²) in [6.45, 7) is 4.56. The van der Waals surface area contributed by atoms with E-state index >= 15 is 0 Å². The number of hydrogen-bond donors (Lipinski definition) is 2. The molecule has 0 aromatic heterocycles. The van der Waals surface area contributed by atoms with Crippen molar-refractivity contribution in [3.8, 4) is 5.75 Å². The molecule has 0 bridgehead atoms. The highest BCUT2D eigenvalue weighted by Crippen LogP contribution is 2.14. The number of hydrogen-bond acceptors (Lipinski definition) is 5. The fourth-order valence-corrected chi connectivity index (χ4v) is 1.36. The average molecular weight is 253 g/mol. The van der Waals surface area contributed by atoms with Gasteiger partial charge in [0.1, 0.15) is 18.5 Å². The van der Waals surface area contributed by atoms with Gasteiger partial charge in [-0.25, -0.2) is 0 Å². The topological polar surface area (TPSA) is 71.3 Å². The van der Waals surface area contributed by atoms with E-state index in [2.05, 4.69) is 5.16 Å². The third-order valence-corrected chi connectivity index (χ3v) is 2.36. The van der Waals surface area contributed by atoms with Crippen LogP contribution < -0.4 is 4.74 Å². The molecule has 0 fully saturated rings. The first kappa shape index (κ1) is 14.5. The standard InChI is InChI=1S/C13H19NO4/c1-3-17-8-12(15)9-18-13-6-4-5-11(7-13)10(2)14-16/h4-7,12,15-16H,3,8-9H2,1-2H3. The molecule has 1 aromatic carbocycles. The minimum atomic E-state index is -0.652. The van der Waals surface area contributed by atoms with Gasteiger partial charge in [0.05, 0.1) is 12.3 Å². The number of nitrogens with zero attached hydrogens (tertiary/aromatic N) is 1. The lowest BCUT2D eigenvalue weighted by Crippen LogP contribution is -2.23. The summed E-state index contributed by atoms with van der Waals surface area (Å²) in [5.41, 5.74) is 1.28. The molecular formula is C13H19NO4. The van der Waals surface area contributed by atoms with Crippen LogP contribution in [0.1, 0.15) is 19.4 Å². The summed E-state index contributed by atoms with van der Waals surface area (Å²) in [4.78, 5) is 0. The first-order valence-electron chi connectivity index (χ1n) is 5.85. The smallest absolute Gasteiger partial charge is 0.120 e. The van der Waals surface area contributed by atoms with Gasteiger partial charge >= 0.3 is 0 Å². The SMILES string of the molecule is CCOCC(O)COc1cccc(C(C)=NO)c1. The predicted octanol–water partition coefficient (Wildman–Crippen LogP) is 1.66. The first-order chi connectivity index (χ1) is 8.67. The average Bonchev–Trinajstić information content (AvgIpc) is 2.42. The molecule has 2 N–H and O–H groups in total. The van der Waals surface area contributed by atoms with Gasteiger partial charge in [-0.15, -0.1) is 0 Å². The maximum Gasteiger partial charge on any atom is 0.120 e. The fraction of sp³-hybridized carbons (Fsp3) is 0.462.